The predicted molar refractivity (Wildman–Crippen MR) is 78.4 cm³/mol. The number of anilines is 1. The Labute approximate surface area is 116 Å². The van der Waals surface area contributed by atoms with Crippen LogP contribution in [0.2, 0.25) is 5.15 Å². The summed E-state index contributed by atoms with van der Waals surface area (Å²) in [6, 6.07) is 8.54. The maximum Gasteiger partial charge on any atom is 0.131 e. The van der Waals surface area contributed by atoms with E-state index in [0.717, 1.165) is 11.1 Å². The third-order valence-electron chi connectivity index (χ3n) is 2.99. The zero-order valence-corrected chi connectivity index (χ0v) is 11.8. The van der Waals surface area contributed by atoms with Crippen LogP contribution >= 0.6 is 23.4 Å². The van der Waals surface area contributed by atoms with Crippen LogP contribution < -0.4 is 5.32 Å². The van der Waals surface area contributed by atoms with Crippen LogP contribution in [0.1, 0.15) is 12.5 Å². The second kappa shape index (κ2) is 4.48. The van der Waals surface area contributed by atoms with Crippen molar-refractivity contribution in [2.75, 3.05) is 5.32 Å². The Balaban J connectivity index is 2.03. The molecule has 4 heteroatoms. The van der Waals surface area contributed by atoms with Gasteiger partial charge in [-0.25, -0.2) is 4.98 Å². The molecule has 2 heterocycles. The second-order valence-corrected chi connectivity index (χ2v) is 6.19. The maximum atomic E-state index is 5.96. The molecule has 2 nitrogen and oxygen atoms in total. The summed E-state index contributed by atoms with van der Waals surface area (Å²) in [5.74, 6) is 0. The molecule has 18 heavy (non-hydrogen) atoms. The first-order chi connectivity index (χ1) is 8.63. The van der Waals surface area contributed by atoms with Crippen LogP contribution in [0, 0.1) is 6.92 Å². The van der Waals surface area contributed by atoms with Crippen molar-refractivity contribution in [2.45, 2.75) is 24.1 Å². The van der Waals surface area contributed by atoms with E-state index < -0.39 is 0 Å². The molecule has 0 saturated heterocycles. The van der Waals surface area contributed by atoms with Crippen LogP contribution in [-0.2, 0) is 0 Å². The highest BCUT2D eigenvalue weighted by molar-refractivity contribution is 8.00. The minimum Gasteiger partial charge on any atom is -0.372 e. The Morgan fingerprint density at radius 1 is 1.28 bits per heavy atom. The first-order valence-electron chi connectivity index (χ1n) is 5.83. The highest BCUT2D eigenvalue weighted by atomic mass is 35.5. The molecule has 1 aromatic carbocycles. The number of hydrogen-bond acceptors (Lipinski definition) is 3. The lowest BCUT2D eigenvalue weighted by Crippen LogP contribution is -2.02. The number of hydrogen-bond donors (Lipinski definition) is 1. The smallest absolute Gasteiger partial charge is 0.131 e. The minimum atomic E-state index is 0.445. The van der Waals surface area contributed by atoms with Crippen molar-refractivity contribution in [3.8, 4) is 11.1 Å². The van der Waals surface area contributed by atoms with Gasteiger partial charge in [-0.15, -0.1) is 0 Å². The molecule has 3 rings (SSSR count). The molecule has 1 atom stereocenters. The van der Waals surface area contributed by atoms with Gasteiger partial charge in [-0.1, -0.05) is 29.4 Å². The number of rotatable bonds is 1. The van der Waals surface area contributed by atoms with Crippen LogP contribution in [0.3, 0.4) is 0 Å². The minimum absolute atomic E-state index is 0.445. The monoisotopic (exact) mass is 276 g/mol. The summed E-state index contributed by atoms with van der Waals surface area (Å²) in [7, 11) is 0. The van der Waals surface area contributed by atoms with Gasteiger partial charge in [0, 0.05) is 22.3 Å². The van der Waals surface area contributed by atoms with E-state index in [2.05, 4.69) is 41.5 Å². The molecule has 1 unspecified atom stereocenters. The fraction of sp³-hybridized carbons (Fsp3) is 0.214. The molecule has 0 amide bonds. The molecule has 0 spiro atoms. The normalized spacial score (nSPS) is 17.4. The molecule has 1 aliphatic heterocycles. The molecule has 92 valence electrons. The lowest BCUT2D eigenvalue weighted by atomic mass is 10.1. The Bertz CT molecular complexity index is 613. The third kappa shape index (κ3) is 2.08. The van der Waals surface area contributed by atoms with Crippen LogP contribution in [-0.4, -0.2) is 10.4 Å². The van der Waals surface area contributed by atoms with E-state index in [9.17, 15) is 0 Å². The van der Waals surface area contributed by atoms with E-state index in [-0.39, 0.29) is 0 Å². The molecule has 2 aromatic rings. The maximum absolute atomic E-state index is 5.96. The number of thioether (sulfide) groups is 1. The van der Waals surface area contributed by atoms with Crippen molar-refractivity contribution in [1.82, 2.24) is 4.98 Å². The van der Waals surface area contributed by atoms with E-state index in [1.165, 1.54) is 16.1 Å². The molecule has 0 bridgehead atoms. The summed E-state index contributed by atoms with van der Waals surface area (Å²) >= 11 is 7.81. The SMILES string of the molecule is Cc1cc(-c2ccc3c(c2)SC(C)N3)cnc1Cl. The zero-order valence-electron chi connectivity index (χ0n) is 10.2. The van der Waals surface area contributed by atoms with E-state index in [0.29, 0.717) is 10.5 Å². The van der Waals surface area contributed by atoms with Crippen molar-refractivity contribution in [1.29, 1.82) is 0 Å². The van der Waals surface area contributed by atoms with Crippen molar-refractivity contribution < 1.29 is 0 Å². The summed E-state index contributed by atoms with van der Waals surface area (Å²) < 4.78 is 0. The Hall–Kier alpha value is -1.19. The van der Waals surface area contributed by atoms with Gasteiger partial charge in [0.2, 0.25) is 0 Å². The summed E-state index contributed by atoms with van der Waals surface area (Å²) in [6.45, 7) is 4.14. The van der Waals surface area contributed by atoms with Gasteiger partial charge in [-0.3, -0.25) is 0 Å². The number of nitrogens with zero attached hydrogens (tertiary/aromatic N) is 1. The highest BCUT2D eigenvalue weighted by Crippen LogP contribution is 2.40. The summed E-state index contributed by atoms with van der Waals surface area (Å²) in [4.78, 5) is 5.51. The standard InChI is InChI=1S/C14H13ClN2S/c1-8-5-11(7-16-14(8)15)10-3-4-12-13(6-10)18-9(2)17-12/h3-7,9,17H,1-2H3. The number of aromatic nitrogens is 1. The molecule has 0 aliphatic carbocycles. The zero-order chi connectivity index (χ0) is 12.7. The second-order valence-electron chi connectivity index (χ2n) is 4.45. The van der Waals surface area contributed by atoms with Gasteiger partial charge in [0.1, 0.15) is 5.15 Å². The highest BCUT2D eigenvalue weighted by Gasteiger charge is 2.17. The first-order valence-corrected chi connectivity index (χ1v) is 7.09. The van der Waals surface area contributed by atoms with Crippen molar-refractivity contribution >= 4 is 29.1 Å². The lowest BCUT2D eigenvalue weighted by Gasteiger charge is -2.06. The topological polar surface area (TPSA) is 24.9 Å². The summed E-state index contributed by atoms with van der Waals surface area (Å²) in [6.07, 6.45) is 1.83. The number of benzene rings is 1. The van der Waals surface area contributed by atoms with Gasteiger partial charge >= 0.3 is 0 Å². The van der Waals surface area contributed by atoms with Crippen molar-refractivity contribution in [3.05, 3.63) is 41.2 Å². The third-order valence-corrected chi connectivity index (χ3v) is 4.45. The lowest BCUT2D eigenvalue weighted by molar-refractivity contribution is 1.15. The summed E-state index contributed by atoms with van der Waals surface area (Å²) in [5.41, 5.74) is 4.52. The molecular formula is C14H13ClN2S. The number of aryl methyl sites for hydroxylation is 1. The largest absolute Gasteiger partial charge is 0.372 e. The number of fused-ring (bicyclic) bond motifs is 1. The molecule has 0 radical (unpaired) electrons. The van der Waals surface area contributed by atoms with Gasteiger partial charge in [-0.2, -0.15) is 0 Å². The molecule has 1 N–H and O–H groups in total. The van der Waals surface area contributed by atoms with Crippen LogP contribution in [0.5, 0.6) is 0 Å². The van der Waals surface area contributed by atoms with Crippen LogP contribution in [0.15, 0.2) is 35.4 Å². The fourth-order valence-corrected chi connectivity index (χ4v) is 3.19. The fourth-order valence-electron chi connectivity index (χ4n) is 2.07. The summed E-state index contributed by atoms with van der Waals surface area (Å²) in [5, 5.41) is 4.44. The molecule has 1 aromatic heterocycles. The van der Waals surface area contributed by atoms with Gasteiger partial charge in [0.15, 0.2) is 0 Å². The quantitative estimate of drug-likeness (QED) is 0.772. The average molecular weight is 277 g/mol. The number of nitrogens with one attached hydrogen (secondary N) is 1. The molecule has 0 saturated carbocycles. The molecular weight excluding hydrogens is 264 g/mol. The van der Waals surface area contributed by atoms with E-state index in [1.807, 2.05) is 24.9 Å². The number of pyridine rings is 1. The van der Waals surface area contributed by atoms with E-state index >= 15 is 0 Å². The van der Waals surface area contributed by atoms with E-state index in [1.54, 1.807) is 0 Å². The van der Waals surface area contributed by atoms with Gasteiger partial charge in [0.05, 0.1) is 5.37 Å². The van der Waals surface area contributed by atoms with E-state index in [4.69, 9.17) is 11.6 Å². The van der Waals surface area contributed by atoms with Crippen LogP contribution in [0.4, 0.5) is 5.69 Å². The molecule has 1 aliphatic rings. The van der Waals surface area contributed by atoms with Gasteiger partial charge in [-0.05, 0) is 43.2 Å². The van der Waals surface area contributed by atoms with Crippen molar-refractivity contribution in [2.24, 2.45) is 0 Å². The Kier molecular flexibility index (Phi) is 2.96. The Morgan fingerprint density at radius 3 is 2.89 bits per heavy atom. The van der Waals surface area contributed by atoms with Gasteiger partial charge < -0.3 is 5.32 Å². The van der Waals surface area contributed by atoms with Crippen LogP contribution in [0.25, 0.3) is 11.1 Å². The van der Waals surface area contributed by atoms with Gasteiger partial charge in [0.25, 0.3) is 0 Å². The van der Waals surface area contributed by atoms with Crippen molar-refractivity contribution in [3.63, 3.8) is 0 Å². The Morgan fingerprint density at radius 2 is 2.11 bits per heavy atom. The average Bonchev–Trinajstić information content (AvgIpc) is 2.71. The molecule has 0 fully saturated rings. The predicted octanol–water partition coefficient (Wildman–Crippen LogP) is 4.57. The first kappa shape index (κ1) is 11.9. The number of halogens is 1.